The molecule has 1 saturated carbocycles. The van der Waals surface area contributed by atoms with Crippen molar-refractivity contribution in [1.82, 2.24) is 45.7 Å². The Morgan fingerprint density at radius 3 is 2.02 bits per heavy atom. The van der Waals surface area contributed by atoms with E-state index in [0.29, 0.717) is 31.1 Å². The number of imidazole rings is 2. The molecule has 304 valence electrons. The number of hydrogen-bond acceptors (Lipinski definition) is 7. The number of ether oxygens (including phenoxy) is 1. The molecule has 17 heteroatoms. The molecule has 4 atom stereocenters. The van der Waals surface area contributed by atoms with E-state index in [4.69, 9.17) is 0 Å². The van der Waals surface area contributed by atoms with Gasteiger partial charge in [-0.05, 0) is 74.3 Å². The Hall–Kier alpha value is -5.09. The number of aromatic nitrogens is 4. The van der Waals surface area contributed by atoms with E-state index in [2.05, 4.69) is 64.9 Å². The van der Waals surface area contributed by atoms with Gasteiger partial charge in [0.05, 0.1) is 37.5 Å². The number of hydrogen-bond donors (Lipinski definition) is 5. The number of carbonyl (C=O) groups excluding carboxylic acids is 4. The average molecular weight is 784 g/mol. The monoisotopic (exact) mass is 783 g/mol. The SMILES string of the molecule is CNC(=O)N[C@H](C(=O)N1CCC[C@H]1c1ncc(-c2ccc([C@H]3CC[C@H](c4cnc([C@@H]5CCCN5C(=O)[C@H](CC(F)(F)F)NC(=O)OC)[nH]4)CC3)cc2)[nH]1)C(C)C. The van der Waals surface area contributed by atoms with Crippen LogP contribution in [0.1, 0.15) is 118 Å². The van der Waals surface area contributed by atoms with Crippen molar-refractivity contribution in [3.8, 4) is 11.3 Å². The fraction of sp³-hybridized carbons (Fsp3) is 0.590. The first-order valence-electron chi connectivity index (χ1n) is 19.5. The zero-order valence-corrected chi connectivity index (χ0v) is 32.2. The molecule has 0 radical (unpaired) electrons. The van der Waals surface area contributed by atoms with Crippen molar-refractivity contribution in [1.29, 1.82) is 0 Å². The molecule has 4 heterocycles. The summed E-state index contributed by atoms with van der Waals surface area (Å²) in [5.41, 5.74) is 4.06. The Morgan fingerprint density at radius 2 is 1.43 bits per heavy atom. The molecular formula is C39H52F3N9O5. The number of benzene rings is 1. The highest BCUT2D eigenvalue weighted by Gasteiger charge is 2.42. The zero-order valence-electron chi connectivity index (χ0n) is 32.2. The van der Waals surface area contributed by atoms with E-state index in [1.165, 1.54) is 17.5 Å². The van der Waals surface area contributed by atoms with E-state index in [1.807, 2.05) is 18.7 Å². The number of likely N-dealkylation sites (tertiary alicyclic amines) is 2. The molecule has 5 amide bonds. The molecule has 3 aliphatic rings. The molecule has 3 fully saturated rings. The number of alkyl carbamates (subject to hydrolysis) is 1. The first-order valence-corrected chi connectivity index (χ1v) is 19.5. The van der Waals surface area contributed by atoms with Gasteiger partial charge in [-0.25, -0.2) is 19.6 Å². The Labute approximate surface area is 324 Å². The highest BCUT2D eigenvalue weighted by atomic mass is 19.4. The lowest BCUT2D eigenvalue weighted by molar-refractivity contribution is -0.154. The summed E-state index contributed by atoms with van der Waals surface area (Å²) < 4.78 is 44.4. The molecule has 1 aliphatic carbocycles. The Kier molecular flexibility index (Phi) is 12.6. The predicted octanol–water partition coefficient (Wildman–Crippen LogP) is 6.20. The molecule has 2 aromatic heterocycles. The highest BCUT2D eigenvalue weighted by Crippen LogP contribution is 2.42. The third kappa shape index (κ3) is 9.29. The van der Waals surface area contributed by atoms with Gasteiger partial charge in [0.25, 0.3) is 0 Å². The van der Waals surface area contributed by atoms with Gasteiger partial charge in [0.2, 0.25) is 11.8 Å². The number of carbonyl (C=O) groups is 4. The standard InChI is InChI=1S/C39H52F3N9O5/c1-22(2)32(49-37(54)43-3)36(53)51-18-6-8-31(51)34-45-21-29(47-34)26-15-11-24(12-16-26)23-9-13-25(14-10-23)28-20-44-33(46-28)30-7-5-17-50(30)35(52)27(19-39(40,41)42)48-38(55)56-4/h11-12,15-16,20-23,25,27,30-32H,5-10,13-14,17-19H2,1-4H3,(H,44,46)(H,45,47)(H,48,55)(H2,43,49,54)/t23-,25-,27-,30-,31-,32-/m0/s1. The largest absolute Gasteiger partial charge is 0.453 e. The minimum atomic E-state index is -4.66. The number of methoxy groups -OCH3 is 1. The predicted molar refractivity (Wildman–Crippen MR) is 200 cm³/mol. The van der Waals surface area contributed by atoms with Gasteiger partial charge < -0.3 is 40.5 Å². The third-order valence-corrected chi connectivity index (χ3v) is 11.4. The zero-order chi connectivity index (χ0) is 40.1. The Morgan fingerprint density at radius 1 is 0.839 bits per heavy atom. The number of nitrogens with zero attached hydrogens (tertiary/aromatic N) is 4. The number of rotatable bonds is 11. The van der Waals surface area contributed by atoms with Gasteiger partial charge in [-0.3, -0.25) is 9.59 Å². The quantitative estimate of drug-likeness (QED) is 0.154. The maximum absolute atomic E-state index is 13.5. The molecule has 6 rings (SSSR count). The molecule has 0 spiro atoms. The van der Waals surface area contributed by atoms with Gasteiger partial charge in [-0.1, -0.05) is 38.1 Å². The molecule has 56 heavy (non-hydrogen) atoms. The lowest BCUT2D eigenvalue weighted by atomic mass is 9.77. The van der Waals surface area contributed by atoms with Crippen molar-refractivity contribution >= 4 is 23.9 Å². The molecule has 2 aliphatic heterocycles. The van der Waals surface area contributed by atoms with Crippen LogP contribution in [0, 0.1) is 5.92 Å². The summed E-state index contributed by atoms with van der Waals surface area (Å²) in [4.78, 5) is 69.9. The van der Waals surface area contributed by atoms with E-state index in [0.717, 1.165) is 68.4 Å². The number of halogens is 3. The smallest absolute Gasteiger partial charge is 0.407 e. The summed E-state index contributed by atoms with van der Waals surface area (Å²) in [6, 6.07) is 4.97. The van der Waals surface area contributed by atoms with Crippen LogP contribution < -0.4 is 16.0 Å². The Bertz CT molecular complexity index is 1840. The van der Waals surface area contributed by atoms with Crippen LogP contribution in [0.4, 0.5) is 22.8 Å². The maximum atomic E-state index is 13.5. The average Bonchev–Trinajstić information content (AvgIpc) is 4.02. The second kappa shape index (κ2) is 17.4. The van der Waals surface area contributed by atoms with Crippen LogP contribution in [0.2, 0.25) is 0 Å². The number of aromatic amines is 2. The number of alkyl halides is 3. The number of nitrogens with one attached hydrogen (secondary N) is 5. The molecular weight excluding hydrogens is 731 g/mol. The van der Waals surface area contributed by atoms with Crippen LogP contribution >= 0.6 is 0 Å². The van der Waals surface area contributed by atoms with Gasteiger partial charge in [0.15, 0.2) is 0 Å². The normalized spacial score (nSPS) is 22.5. The molecule has 5 N–H and O–H groups in total. The van der Waals surface area contributed by atoms with Crippen molar-refractivity contribution in [2.24, 2.45) is 5.92 Å². The van der Waals surface area contributed by atoms with Crippen molar-refractivity contribution in [2.75, 3.05) is 27.2 Å². The van der Waals surface area contributed by atoms with Crippen LogP contribution in [0.3, 0.4) is 0 Å². The molecule has 2 saturated heterocycles. The van der Waals surface area contributed by atoms with Crippen molar-refractivity contribution in [3.63, 3.8) is 0 Å². The fourth-order valence-electron chi connectivity index (χ4n) is 8.42. The van der Waals surface area contributed by atoms with E-state index in [1.54, 1.807) is 12.4 Å². The van der Waals surface area contributed by atoms with Crippen LogP contribution in [0.5, 0.6) is 0 Å². The Balaban J connectivity index is 1.04. The van der Waals surface area contributed by atoms with Gasteiger partial charge in [-0.15, -0.1) is 0 Å². The van der Waals surface area contributed by atoms with E-state index in [-0.39, 0.29) is 36.4 Å². The van der Waals surface area contributed by atoms with Crippen molar-refractivity contribution in [3.05, 3.63) is 59.6 Å². The summed E-state index contributed by atoms with van der Waals surface area (Å²) in [7, 11) is 2.56. The van der Waals surface area contributed by atoms with Gasteiger partial charge >= 0.3 is 18.3 Å². The van der Waals surface area contributed by atoms with Crippen LogP contribution in [-0.4, -0.2) is 99.2 Å². The van der Waals surface area contributed by atoms with Gasteiger partial charge in [0, 0.05) is 37.9 Å². The fourth-order valence-corrected chi connectivity index (χ4v) is 8.42. The lowest BCUT2D eigenvalue weighted by Crippen LogP contribution is -2.53. The number of H-pyrrole nitrogens is 2. The van der Waals surface area contributed by atoms with Crippen LogP contribution in [0.25, 0.3) is 11.3 Å². The summed E-state index contributed by atoms with van der Waals surface area (Å²) in [5, 5.41) is 7.38. The van der Waals surface area contributed by atoms with Crippen molar-refractivity contribution in [2.45, 2.75) is 114 Å². The van der Waals surface area contributed by atoms with E-state index in [9.17, 15) is 32.3 Å². The van der Waals surface area contributed by atoms with Gasteiger partial charge in [-0.2, -0.15) is 13.2 Å². The second-order valence-electron chi connectivity index (χ2n) is 15.4. The highest BCUT2D eigenvalue weighted by molar-refractivity contribution is 5.88. The first-order chi connectivity index (χ1) is 26.8. The summed E-state index contributed by atoms with van der Waals surface area (Å²) >= 11 is 0. The molecule has 14 nitrogen and oxygen atoms in total. The minimum absolute atomic E-state index is 0.0789. The first kappa shape index (κ1) is 40.6. The molecule has 1 aromatic carbocycles. The minimum Gasteiger partial charge on any atom is -0.453 e. The molecule has 0 unspecified atom stereocenters. The van der Waals surface area contributed by atoms with E-state index < -0.39 is 42.7 Å². The number of amides is 5. The number of urea groups is 1. The summed E-state index contributed by atoms with van der Waals surface area (Å²) in [5.74, 6) is 0.877. The summed E-state index contributed by atoms with van der Waals surface area (Å²) in [6.07, 6.45) is 2.91. The van der Waals surface area contributed by atoms with E-state index >= 15 is 0 Å². The van der Waals surface area contributed by atoms with Crippen LogP contribution in [-0.2, 0) is 14.3 Å². The van der Waals surface area contributed by atoms with Gasteiger partial charge in [0.1, 0.15) is 23.7 Å². The summed E-state index contributed by atoms with van der Waals surface area (Å²) in [6.45, 7) is 4.69. The molecule has 0 bridgehead atoms. The maximum Gasteiger partial charge on any atom is 0.407 e. The lowest BCUT2D eigenvalue weighted by Gasteiger charge is -2.30. The second-order valence-corrected chi connectivity index (χ2v) is 15.4. The third-order valence-electron chi connectivity index (χ3n) is 11.4. The topological polar surface area (TPSA) is 177 Å². The van der Waals surface area contributed by atoms with Crippen molar-refractivity contribution < 1.29 is 37.1 Å². The van der Waals surface area contributed by atoms with Crippen LogP contribution in [0.15, 0.2) is 36.7 Å². The molecule has 3 aromatic rings.